The van der Waals surface area contributed by atoms with Crippen molar-refractivity contribution >= 4 is 0 Å². The van der Waals surface area contributed by atoms with Gasteiger partial charge in [-0.15, -0.1) is 0 Å². The predicted octanol–water partition coefficient (Wildman–Crippen LogP) is 2.44. The van der Waals surface area contributed by atoms with Gasteiger partial charge >= 0.3 is 0 Å². The first kappa shape index (κ1) is 11.3. The van der Waals surface area contributed by atoms with Gasteiger partial charge in [-0.25, -0.2) is 4.39 Å². The molecular weight excluding hydrogens is 235 g/mol. The Balaban J connectivity index is 1.91. The zero-order chi connectivity index (χ0) is 12.6. The van der Waals surface area contributed by atoms with Gasteiger partial charge in [0.1, 0.15) is 12.4 Å². The van der Waals surface area contributed by atoms with Gasteiger partial charge < -0.3 is 9.26 Å². The second-order valence-electron chi connectivity index (χ2n) is 4.54. The number of ether oxygens (including phenoxy) is 1. The zero-order valence-corrected chi connectivity index (χ0v) is 10.0. The average molecular weight is 248 g/mol. The number of benzene rings is 1. The summed E-state index contributed by atoms with van der Waals surface area (Å²) >= 11 is 0. The fraction of sp³-hybridized carbons (Fsp3) is 0.385. The highest BCUT2D eigenvalue weighted by Crippen LogP contribution is 2.52. The Kier molecular flexibility index (Phi) is 2.63. The molecule has 1 fully saturated rings. The quantitative estimate of drug-likeness (QED) is 0.833. The number of halogens is 1. The molecule has 2 aromatic rings. The van der Waals surface area contributed by atoms with E-state index >= 15 is 0 Å². The second-order valence-corrected chi connectivity index (χ2v) is 4.54. The van der Waals surface area contributed by atoms with Gasteiger partial charge in [-0.2, -0.15) is 4.98 Å². The van der Waals surface area contributed by atoms with Crippen molar-refractivity contribution in [3.05, 3.63) is 47.4 Å². The molecule has 5 heteroatoms. The van der Waals surface area contributed by atoms with Crippen LogP contribution in [-0.2, 0) is 16.8 Å². The number of nitrogens with zero attached hydrogens (tertiary/aromatic N) is 2. The molecule has 0 bridgehead atoms. The Hall–Kier alpha value is -1.75. The molecule has 1 aliphatic carbocycles. The highest BCUT2D eigenvalue weighted by Gasteiger charge is 2.50. The van der Waals surface area contributed by atoms with E-state index in [4.69, 9.17) is 9.26 Å². The lowest BCUT2D eigenvalue weighted by molar-refractivity contribution is 0.174. The molecule has 94 valence electrons. The molecule has 4 nitrogen and oxygen atoms in total. The molecule has 1 aromatic carbocycles. The maximum absolute atomic E-state index is 12.9. The van der Waals surface area contributed by atoms with Crippen LogP contribution >= 0.6 is 0 Å². The standard InChI is InChI=1S/C13H13FN2O2/c1-17-8-11-15-12(18-16-11)13(6-7-13)9-2-4-10(14)5-3-9/h2-5H,6-8H2,1H3. The lowest BCUT2D eigenvalue weighted by atomic mass is 9.96. The molecule has 3 rings (SSSR count). The van der Waals surface area contributed by atoms with E-state index in [1.165, 1.54) is 12.1 Å². The van der Waals surface area contributed by atoms with Gasteiger partial charge in [-0.3, -0.25) is 0 Å². The minimum atomic E-state index is -0.236. The third kappa shape index (κ3) is 1.80. The Morgan fingerprint density at radius 3 is 2.67 bits per heavy atom. The van der Waals surface area contributed by atoms with Crippen molar-refractivity contribution in [3.63, 3.8) is 0 Å². The van der Waals surface area contributed by atoms with Crippen LogP contribution in [0.4, 0.5) is 4.39 Å². The van der Waals surface area contributed by atoms with Crippen molar-refractivity contribution in [1.29, 1.82) is 0 Å². The number of rotatable bonds is 4. The van der Waals surface area contributed by atoms with Crippen LogP contribution in [0.5, 0.6) is 0 Å². The van der Waals surface area contributed by atoms with E-state index < -0.39 is 0 Å². The number of aromatic nitrogens is 2. The van der Waals surface area contributed by atoms with Crippen LogP contribution in [0.25, 0.3) is 0 Å². The lowest BCUT2D eigenvalue weighted by Gasteiger charge is -2.09. The number of hydrogen-bond donors (Lipinski definition) is 0. The molecule has 0 unspecified atom stereocenters. The molecule has 0 N–H and O–H groups in total. The fourth-order valence-electron chi connectivity index (χ4n) is 2.16. The fourth-order valence-corrected chi connectivity index (χ4v) is 2.16. The van der Waals surface area contributed by atoms with E-state index in [0.717, 1.165) is 18.4 Å². The Labute approximate surface area is 104 Å². The molecule has 1 saturated carbocycles. The summed E-state index contributed by atoms with van der Waals surface area (Å²) in [6.45, 7) is 0.336. The molecule has 0 spiro atoms. The van der Waals surface area contributed by atoms with Crippen LogP contribution < -0.4 is 0 Å². The van der Waals surface area contributed by atoms with Gasteiger partial charge in [-0.05, 0) is 30.5 Å². The summed E-state index contributed by atoms with van der Waals surface area (Å²) in [4.78, 5) is 4.34. The molecule has 0 saturated heterocycles. The van der Waals surface area contributed by atoms with Crippen LogP contribution in [0.15, 0.2) is 28.8 Å². The minimum absolute atomic E-state index is 0.216. The first-order valence-electron chi connectivity index (χ1n) is 5.83. The Morgan fingerprint density at radius 1 is 1.33 bits per heavy atom. The first-order valence-corrected chi connectivity index (χ1v) is 5.83. The maximum atomic E-state index is 12.9. The number of methoxy groups -OCH3 is 1. The van der Waals surface area contributed by atoms with Crippen LogP contribution in [0.2, 0.25) is 0 Å². The van der Waals surface area contributed by atoms with Gasteiger partial charge in [0.25, 0.3) is 0 Å². The molecule has 18 heavy (non-hydrogen) atoms. The van der Waals surface area contributed by atoms with Gasteiger partial charge in [0.05, 0.1) is 5.41 Å². The molecule has 1 aliphatic rings. The van der Waals surface area contributed by atoms with E-state index in [2.05, 4.69) is 10.1 Å². The van der Waals surface area contributed by atoms with Gasteiger partial charge in [0.2, 0.25) is 5.89 Å². The Morgan fingerprint density at radius 2 is 2.06 bits per heavy atom. The average Bonchev–Trinajstić information content (AvgIpc) is 3.05. The van der Waals surface area contributed by atoms with E-state index in [9.17, 15) is 4.39 Å². The van der Waals surface area contributed by atoms with Gasteiger partial charge in [0, 0.05) is 7.11 Å². The molecule has 0 amide bonds. The summed E-state index contributed by atoms with van der Waals surface area (Å²) in [7, 11) is 1.59. The first-order chi connectivity index (χ1) is 8.74. The highest BCUT2D eigenvalue weighted by molar-refractivity contribution is 5.38. The smallest absolute Gasteiger partial charge is 0.237 e. The zero-order valence-electron chi connectivity index (χ0n) is 10.0. The third-order valence-electron chi connectivity index (χ3n) is 3.30. The van der Waals surface area contributed by atoms with Crippen LogP contribution in [-0.4, -0.2) is 17.3 Å². The summed E-state index contributed by atoms with van der Waals surface area (Å²) in [6.07, 6.45) is 1.90. The van der Waals surface area contributed by atoms with E-state index in [1.807, 2.05) is 0 Å². The molecule has 0 atom stereocenters. The summed E-state index contributed by atoms with van der Waals surface area (Å²) in [5.41, 5.74) is 0.809. The van der Waals surface area contributed by atoms with Crippen molar-refractivity contribution in [2.45, 2.75) is 24.9 Å². The summed E-state index contributed by atoms with van der Waals surface area (Å²) in [6, 6.07) is 6.48. The topological polar surface area (TPSA) is 48.2 Å². The summed E-state index contributed by atoms with van der Waals surface area (Å²) < 4.78 is 23.2. The van der Waals surface area contributed by atoms with Crippen LogP contribution in [0.1, 0.15) is 30.1 Å². The largest absolute Gasteiger partial charge is 0.377 e. The van der Waals surface area contributed by atoms with Crippen molar-refractivity contribution in [2.75, 3.05) is 7.11 Å². The SMILES string of the molecule is COCc1noc(C2(c3ccc(F)cc3)CC2)n1. The monoisotopic (exact) mass is 248 g/mol. The molecular formula is C13H13FN2O2. The maximum Gasteiger partial charge on any atom is 0.237 e. The summed E-state index contributed by atoms with van der Waals surface area (Å²) in [5, 5.41) is 3.87. The molecule has 1 aromatic heterocycles. The Bertz CT molecular complexity index is 546. The van der Waals surface area contributed by atoms with E-state index in [-0.39, 0.29) is 11.2 Å². The number of hydrogen-bond acceptors (Lipinski definition) is 4. The van der Waals surface area contributed by atoms with E-state index in [0.29, 0.717) is 18.3 Å². The van der Waals surface area contributed by atoms with Crippen molar-refractivity contribution in [2.24, 2.45) is 0 Å². The van der Waals surface area contributed by atoms with Crippen LogP contribution in [0, 0.1) is 5.82 Å². The van der Waals surface area contributed by atoms with Gasteiger partial charge in [-0.1, -0.05) is 17.3 Å². The molecule has 0 radical (unpaired) electrons. The van der Waals surface area contributed by atoms with Gasteiger partial charge in [0.15, 0.2) is 5.82 Å². The van der Waals surface area contributed by atoms with Crippen molar-refractivity contribution < 1.29 is 13.7 Å². The van der Waals surface area contributed by atoms with Crippen LogP contribution in [0.3, 0.4) is 0 Å². The predicted molar refractivity (Wildman–Crippen MR) is 61.4 cm³/mol. The van der Waals surface area contributed by atoms with E-state index in [1.54, 1.807) is 19.2 Å². The minimum Gasteiger partial charge on any atom is -0.377 e. The molecule has 1 heterocycles. The second kappa shape index (κ2) is 4.17. The lowest BCUT2D eigenvalue weighted by Crippen LogP contribution is -2.09. The van der Waals surface area contributed by atoms with Crippen molar-refractivity contribution in [3.8, 4) is 0 Å². The highest BCUT2D eigenvalue weighted by atomic mass is 19.1. The summed E-state index contributed by atoms with van der Waals surface area (Å²) in [5.74, 6) is 0.905. The third-order valence-corrected chi connectivity index (χ3v) is 3.30. The normalized spacial score (nSPS) is 16.8. The molecule has 0 aliphatic heterocycles. The van der Waals surface area contributed by atoms with Crippen molar-refractivity contribution in [1.82, 2.24) is 10.1 Å².